The van der Waals surface area contributed by atoms with Crippen LogP contribution in [-0.2, 0) is 9.36 Å². The van der Waals surface area contributed by atoms with Crippen LogP contribution in [0.3, 0.4) is 0 Å². The molecule has 0 radical (unpaired) electrons. The van der Waals surface area contributed by atoms with Crippen molar-refractivity contribution in [3.63, 3.8) is 0 Å². The average Bonchev–Trinajstić information content (AvgIpc) is 1.60. The van der Waals surface area contributed by atoms with E-state index >= 15 is 0 Å². The molecule has 54 valence electrons. The molecule has 0 aliphatic carbocycles. The summed E-state index contributed by atoms with van der Waals surface area (Å²) in [4.78, 5) is 26.2. The van der Waals surface area contributed by atoms with E-state index in [0.29, 0.717) is 0 Å². The second-order valence-corrected chi connectivity index (χ2v) is 3.08. The minimum absolute atomic E-state index is 0.928. The van der Waals surface area contributed by atoms with Crippen molar-refractivity contribution >= 4 is 13.6 Å². The third-order valence-electron chi connectivity index (χ3n) is 0.504. The Hall–Kier alpha value is -0.380. The van der Waals surface area contributed by atoms with E-state index in [0.717, 1.165) is 0 Å². The fourth-order valence-corrected chi connectivity index (χ4v) is 0.591. The fourth-order valence-electron chi connectivity index (χ4n) is 0.197. The topological polar surface area (TPSA) is 94.8 Å². The monoisotopic (exact) mass is 155 g/mol. The van der Waals surface area contributed by atoms with Gasteiger partial charge in [-0.05, 0) is 0 Å². The highest BCUT2D eigenvalue weighted by atomic mass is 31.2. The Labute approximate surface area is 52.9 Å². The van der Waals surface area contributed by atoms with Gasteiger partial charge in [0, 0.05) is 1.37 Å². The molecule has 0 aromatic carbocycles. The van der Waals surface area contributed by atoms with Gasteiger partial charge in [-0.1, -0.05) is 0 Å². The van der Waals surface area contributed by atoms with Gasteiger partial charge < -0.3 is 14.9 Å². The van der Waals surface area contributed by atoms with E-state index in [4.69, 9.17) is 16.3 Å². The van der Waals surface area contributed by atoms with Crippen LogP contribution < -0.4 is 0 Å². The predicted molar refractivity (Wildman–Crippen MR) is 29.2 cm³/mol. The Kier molecular flexibility index (Phi) is 2.22. The van der Waals surface area contributed by atoms with Crippen LogP contribution in [0.15, 0.2) is 0 Å². The zero-order chi connectivity index (χ0) is 8.36. The summed E-state index contributed by atoms with van der Waals surface area (Å²) >= 11 is 0. The molecule has 0 aliphatic heterocycles. The zero-order valence-corrected chi connectivity index (χ0v) is 5.28. The maximum absolute atomic E-state index is 10.1. The van der Waals surface area contributed by atoms with Crippen LogP contribution in [0, 0.1) is 0 Å². The summed E-state index contributed by atoms with van der Waals surface area (Å²) in [7, 11) is -4.34. The highest BCUT2D eigenvalue weighted by Gasteiger charge is 2.13. The molecule has 0 amide bonds. The van der Waals surface area contributed by atoms with E-state index in [1.54, 1.807) is 0 Å². The highest BCUT2D eigenvalue weighted by Crippen LogP contribution is 2.34. The summed E-state index contributed by atoms with van der Waals surface area (Å²) < 4.78 is 16.6. The minimum Gasteiger partial charge on any atom is -0.481 e. The van der Waals surface area contributed by atoms with Crippen molar-refractivity contribution in [3.8, 4) is 0 Å². The van der Waals surface area contributed by atoms with Gasteiger partial charge in [-0.25, -0.2) is 0 Å². The number of aliphatic carboxylic acids is 1. The molecule has 6 heteroatoms. The lowest BCUT2D eigenvalue weighted by Gasteiger charge is -1.97. The first-order valence-electron chi connectivity index (χ1n) is 2.60. The van der Waals surface area contributed by atoms with Crippen LogP contribution in [0.5, 0.6) is 0 Å². The summed E-state index contributed by atoms with van der Waals surface area (Å²) in [6.07, 6.45) is -2.66. The summed E-state index contributed by atoms with van der Waals surface area (Å²) in [5.41, 5.74) is 0. The Morgan fingerprint density at radius 3 is 2.22 bits per heavy atom. The second kappa shape index (κ2) is 2.96. The lowest BCUT2D eigenvalue weighted by Crippen LogP contribution is -1.98. The Morgan fingerprint density at radius 1 is 1.67 bits per heavy atom. The fraction of sp³-hybridized carbons (Fsp3) is 0.667. The largest absolute Gasteiger partial charge is 0.481 e. The molecule has 3 N–H and O–H groups in total. The highest BCUT2D eigenvalue weighted by molar-refractivity contribution is 7.51. The number of hydrogen-bond donors (Lipinski definition) is 3. The summed E-state index contributed by atoms with van der Waals surface area (Å²) in [5, 5.41) is 8.01. The van der Waals surface area contributed by atoms with Crippen LogP contribution in [0.25, 0.3) is 0 Å². The van der Waals surface area contributed by atoms with Crippen molar-refractivity contribution in [2.24, 2.45) is 0 Å². The molecule has 0 heterocycles. The van der Waals surface area contributed by atoms with Crippen molar-refractivity contribution in [2.45, 2.75) is 6.40 Å². The summed E-state index contributed by atoms with van der Waals surface area (Å²) in [5.74, 6) is -1.52. The number of carboxylic acids is 1. The average molecular weight is 155 g/mol. The van der Waals surface area contributed by atoms with Crippen molar-refractivity contribution in [3.05, 3.63) is 0 Å². The molecule has 1 unspecified atom stereocenters. The number of carbonyl (C=O) groups is 1. The molecule has 1 atom stereocenters. The third kappa shape index (κ3) is 7.62. The van der Waals surface area contributed by atoms with Crippen LogP contribution in [0.1, 0.15) is 7.77 Å². The first kappa shape index (κ1) is 6.74. The molecular formula is C3H7O5P. The maximum atomic E-state index is 10.1. The molecule has 0 fully saturated rings. The first-order chi connectivity index (χ1) is 4.33. The standard InChI is InChI=1S/C3H7O5P/c4-3(5)1-2-9(6,7)8/h1-2H2,(H,4,5)(H2,6,7,8)/i1D. The van der Waals surface area contributed by atoms with Gasteiger partial charge in [0.05, 0.1) is 12.6 Å². The van der Waals surface area contributed by atoms with Gasteiger partial charge in [-0.2, -0.15) is 0 Å². The molecule has 0 rings (SSSR count). The van der Waals surface area contributed by atoms with E-state index < -0.39 is 26.1 Å². The van der Waals surface area contributed by atoms with Crippen LogP contribution in [0.4, 0.5) is 0 Å². The number of carboxylic acid groups (broad SMARTS) is 1. The summed E-state index contributed by atoms with van der Waals surface area (Å²) in [6, 6.07) is 0. The van der Waals surface area contributed by atoms with Gasteiger partial charge in [0.15, 0.2) is 0 Å². The maximum Gasteiger partial charge on any atom is 0.326 e. The van der Waals surface area contributed by atoms with Gasteiger partial charge in [0.25, 0.3) is 0 Å². The van der Waals surface area contributed by atoms with Gasteiger partial charge in [-0.15, -0.1) is 0 Å². The van der Waals surface area contributed by atoms with Gasteiger partial charge in [-0.3, -0.25) is 9.36 Å². The van der Waals surface area contributed by atoms with Crippen molar-refractivity contribution in [2.75, 3.05) is 6.16 Å². The molecule has 0 aromatic heterocycles. The molecule has 0 spiro atoms. The van der Waals surface area contributed by atoms with E-state index in [2.05, 4.69) is 0 Å². The summed E-state index contributed by atoms with van der Waals surface area (Å²) in [6.45, 7) is 0. The SMILES string of the molecule is [2H]C(CP(=O)(O)O)C(=O)O. The van der Waals surface area contributed by atoms with Crippen molar-refractivity contribution < 1.29 is 25.6 Å². The molecule has 5 nitrogen and oxygen atoms in total. The van der Waals surface area contributed by atoms with Gasteiger partial charge in [0.1, 0.15) is 0 Å². The smallest absolute Gasteiger partial charge is 0.326 e. The third-order valence-corrected chi connectivity index (χ3v) is 1.16. The lowest BCUT2D eigenvalue weighted by molar-refractivity contribution is -0.136. The van der Waals surface area contributed by atoms with E-state index in [-0.39, 0.29) is 0 Å². The quantitative estimate of drug-likeness (QED) is 0.483. The minimum atomic E-state index is -4.34. The van der Waals surface area contributed by atoms with Crippen molar-refractivity contribution in [1.82, 2.24) is 0 Å². The molecule has 0 aromatic rings. The lowest BCUT2D eigenvalue weighted by atomic mass is 10.5. The molecule has 9 heavy (non-hydrogen) atoms. The zero-order valence-electron chi connectivity index (χ0n) is 5.39. The van der Waals surface area contributed by atoms with Crippen LogP contribution >= 0.6 is 7.60 Å². The first-order valence-corrected chi connectivity index (χ1v) is 3.82. The molecule has 0 saturated carbocycles. The van der Waals surface area contributed by atoms with E-state index in [1.807, 2.05) is 0 Å². The van der Waals surface area contributed by atoms with Crippen molar-refractivity contribution in [1.29, 1.82) is 0 Å². The van der Waals surface area contributed by atoms with Gasteiger partial charge in [0.2, 0.25) is 0 Å². The normalized spacial score (nSPS) is 16.4. The number of rotatable bonds is 3. The van der Waals surface area contributed by atoms with Gasteiger partial charge >= 0.3 is 13.6 Å². The Bertz CT molecular complexity index is 174. The second-order valence-electron chi connectivity index (χ2n) is 1.39. The molecule has 0 saturated heterocycles. The molecule has 0 aliphatic rings. The number of hydrogen-bond acceptors (Lipinski definition) is 2. The van der Waals surface area contributed by atoms with E-state index in [1.165, 1.54) is 0 Å². The predicted octanol–water partition coefficient (Wildman–Crippen LogP) is -0.361. The van der Waals surface area contributed by atoms with Crippen LogP contribution in [0.2, 0.25) is 0 Å². The molecular weight excluding hydrogens is 147 g/mol. The Balaban J connectivity index is 3.93. The van der Waals surface area contributed by atoms with E-state index in [9.17, 15) is 9.36 Å². The molecule has 0 bridgehead atoms. The Morgan fingerprint density at radius 2 is 2.11 bits per heavy atom. The van der Waals surface area contributed by atoms with Crippen LogP contribution in [-0.4, -0.2) is 27.0 Å².